The average Bonchev–Trinajstić information content (AvgIpc) is 2.90. The van der Waals surface area contributed by atoms with Crippen molar-refractivity contribution < 1.29 is 19.1 Å². The van der Waals surface area contributed by atoms with Crippen LogP contribution < -0.4 is 14.5 Å². The van der Waals surface area contributed by atoms with Gasteiger partial charge in [-0.3, -0.25) is 9.59 Å². The van der Waals surface area contributed by atoms with E-state index in [9.17, 15) is 9.59 Å². The summed E-state index contributed by atoms with van der Waals surface area (Å²) in [6.07, 6.45) is 1.72. The number of esters is 1. The lowest BCUT2D eigenvalue weighted by Crippen LogP contribution is -2.21. The number of carbonyl (C=O) groups is 2. The van der Waals surface area contributed by atoms with E-state index in [1.54, 1.807) is 31.2 Å². The summed E-state index contributed by atoms with van der Waals surface area (Å²) in [7, 11) is 1.50. The van der Waals surface area contributed by atoms with Crippen molar-refractivity contribution in [3.05, 3.63) is 59.2 Å². The number of ether oxygens (including phenoxy) is 2. The molecular weight excluding hydrogens is 344 g/mol. The van der Waals surface area contributed by atoms with Crippen molar-refractivity contribution >= 4 is 29.4 Å². The zero-order valence-corrected chi connectivity index (χ0v) is 15.6. The Balaban J connectivity index is 1.93. The van der Waals surface area contributed by atoms with Crippen LogP contribution in [0.4, 0.5) is 5.69 Å². The van der Waals surface area contributed by atoms with Gasteiger partial charge in [0.2, 0.25) is 0 Å². The van der Waals surface area contributed by atoms with Crippen LogP contribution in [0.25, 0.3) is 6.08 Å². The first kappa shape index (κ1) is 18.4. The molecule has 27 heavy (non-hydrogen) atoms. The van der Waals surface area contributed by atoms with Gasteiger partial charge in [-0.25, -0.2) is 0 Å². The minimum absolute atomic E-state index is 0.207. The molecule has 6 heteroatoms. The third-order valence-electron chi connectivity index (χ3n) is 4.09. The second-order valence-corrected chi connectivity index (χ2v) is 6.20. The highest BCUT2D eigenvalue weighted by molar-refractivity contribution is 6.32. The minimum atomic E-state index is -0.446. The highest BCUT2D eigenvalue weighted by atomic mass is 16.6. The number of benzene rings is 2. The Morgan fingerprint density at radius 1 is 1.07 bits per heavy atom. The van der Waals surface area contributed by atoms with E-state index in [-0.39, 0.29) is 5.91 Å². The van der Waals surface area contributed by atoms with Gasteiger partial charge in [0.1, 0.15) is 0 Å². The molecule has 1 heterocycles. The van der Waals surface area contributed by atoms with Crippen molar-refractivity contribution in [2.75, 3.05) is 12.1 Å². The number of hydrogen-bond acceptors (Lipinski definition) is 5. The molecule has 3 rings (SSSR count). The van der Waals surface area contributed by atoms with Crippen molar-refractivity contribution in [1.82, 2.24) is 0 Å². The highest BCUT2D eigenvalue weighted by Crippen LogP contribution is 2.30. The van der Waals surface area contributed by atoms with E-state index in [2.05, 4.69) is 5.10 Å². The number of hydrogen-bond donors (Lipinski definition) is 0. The molecule has 2 aromatic carbocycles. The number of aryl methyl sites for hydroxylation is 1. The van der Waals surface area contributed by atoms with E-state index < -0.39 is 5.97 Å². The van der Waals surface area contributed by atoms with Gasteiger partial charge in [-0.1, -0.05) is 23.8 Å². The third-order valence-corrected chi connectivity index (χ3v) is 4.09. The van der Waals surface area contributed by atoms with E-state index in [0.717, 1.165) is 5.56 Å². The fourth-order valence-corrected chi connectivity index (χ4v) is 2.73. The Hall–Kier alpha value is -3.41. The van der Waals surface area contributed by atoms with Crippen molar-refractivity contribution in [1.29, 1.82) is 0 Å². The van der Waals surface area contributed by atoms with Crippen LogP contribution in [-0.4, -0.2) is 24.7 Å². The molecule has 2 aromatic rings. The maximum absolute atomic E-state index is 12.8. The molecule has 0 aliphatic carbocycles. The SMILES string of the molecule is COc1ccc(C=C2C(=O)N(c3ccc(C)cc3)N=C2C)cc1OC(C)=O. The second kappa shape index (κ2) is 7.45. The first-order chi connectivity index (χ1) is 12.9. The Bertz CT molecular complexity index is 959. The molecule has 138 valence electrons. The number of rotatable bonds is 4. The van der Waals surface area contributed by atoms with Gasteiger partial charge in [0.15, 0.2) is 11.5 Å². The number of hydrazone groups is 1. The van der Waals surface area contributed by atoms with Crippen molar-refractivity contribution in [3.63, 3.8) is 0 Å². The summed E-state index contributed by atoms with van der Waals surface area (Å²) in [4.78, 5) is 24.1. The van der Waals surface area contributed by atoms with Crippen LogP contribution >= 0.6 is 0 Å². The van der Waals surface area contributed by atoms with Gasteiger partial charge in [-0.05, 0) is 49.8 Å². The summed E-state index contributed by atoms with van der Waals surface area (Å²) >= 11 is 0. The molecular formula is C21H20N2O4. The molecule has 6 nitrogen and oxygen atoms in total. The fourth-order valence-electron chi connectivity index (χ4n) is 2.73. The molecule has 0 saturated carbocycles. The lowest BCUT2D eigenvalue weighted by atomic mass is 10.1. The quantitative estimate of drug-likeness (QED) is 0.471. The van der Waals surface area contributed by atoms with Gasteiger partial charge in [-0.2, -0.15) is 10.1 Å². The van der Waals surface area contributed by atoms with E-state index >= 15 is 0 Å². The molecule has 1 aliphatic rings. The van der Waals surface area contributed by atoms with Crippen LogP contribution in [0, 0.1) is 6.92 Å². The second-order valence-electron chi connectivity index (χ2n) is 6.20. The predicted octanol–water partition coefficient (Wildman–Crippen LogP) is 3.74. The van der Waals surface area contributed by atoms with E-state index in [4.69, 9.17) is 9.47 Å². The first-order valence-corrected chi connectivity index (χ1v) is 8.44. The summed E-state index contributed by atoms with van der Waals surface area (Å²) < 4.78 is 10.4. The summed E-state index contributed by atoms with van der Waals surface area (Å²) in [6, 6.07) is 12.7. The standard InChI is InChI=1S/C21H20N2O4/c1-13-5-8-17(9-6-13)23-21(25)18(14(2)22-23)11-16-7-10-19(26-4)20(12-16)27-15(3)24/h5-12H,1-4H3. The Labute approximate surface area is 157 Å². The molecule has 0 fully saturated rings. The molecule has 0 aromatic heterocycles. The van der Waals surface area contributed by atoms with Gasteiger partial charge >= 0.3 is 5.97 Å². The maximum atomic E-state index is 12.8. The monoisotopic (exact) mass is 364 g/mol. The van der Waals surface area contributed by atoms with Gasteiger partial charge in [-0.15, -0.1) is 0 Å². The van der Waals surface area contributed by atoms with Crippen molar-refractivity contribution in [2.24, 2.45) is 5.10 Å². The van der Waals surface area contributed by atoms with E-state index in [1.807, 2.05) is 31.2 Å². The smallest absolute Gasteiger partial charge is 0.308 e. The molecule has 1 amide bonds. The zero-order chi connectivity index (χ0) is 19.6. The van der Waals surface area contributed by atoms with Crippen LogP contribution in [0.15, 0.2) is 53.1 Å². The van der Waals surface area contributed by atoms with Gasteiger partial charge in [0, 0.05) is 6.92 Å². The largest absolute Gasteiger partial charge is 0.493 e. The van der Waals surface area contributed by atoms with Crippen LogP contribution in [-0.2, 0) is 9.59 Å². The molecule has 0 radical (unpaired) electrons. The molecule has 0 N–H and O–H groups in total. The first-order valence-electron chi connectivity index (χ1n) is 8.44. The van der Waals surface area contributed by atoms with Crippen LogP contribution in [0.2, 0.25) is 0 Å². The summed E-state index contributed by atoms with van der Waals surface area (Å²) in [5.41, 5.74) is 3.62. The van der Waals surface area contributed by atoms with Crippen LogP contribution in [0.5, 0.6) is 11.5 Å². The molecule has 0 spiro atoms. The molecule has 0 bridgehead atoms. The van der Waals surface area contributed by atoms with Crippen LogP contribution in [0.1, 0.15) is 25.0 Å². The Morgan fingerprint density at radius 3 is 2.41 bits per heavy atom. The average molecular weight is 364 g/mol. The number of nitrogens with zero attached hydrogens (tertiary/aromatic N) is 2. The Morgan fingerprint density at radius 2 is 1.78 bits per heavy atom. The highest BCUT2D eigenvalue weighted by Gasteiger charge is 2.28. The minimum Gasteiger partial charge on any atom is -0.493 e. The molecule has 0 atom stereocenters. The van der Waals surface area contributed by atoms with Gasteiger partial charge < -0.3 is 9.47 Å². The Kier molecular flexibility index (Phi) is 5.07. The summed E-state index contributed by atoms with van der Waals surface area (Å²) in [5, 5.41) is 5.76. The van der Waals surface area contributed by atoms with Gasteiger partial charge in [0.25, 0.3) is 5.91 Å². The number of amides is 1. The third kappa shape index (κ3) is 3.89. The number of anilines is 1. The van der Waals surface area contributed by atoms with Gasteiger partial charge in [0.05, 0.1) is 24.1 Å². The maximum Gasteiger partial charge on any atom is 0.308 e. The number of methoxy groups -OCH3 is 1. The normalized spacial score (nSPS) is 15.1. The van der Waals surface area contributed by atoms with Crippen molar-refractivity contribution in [3.8, 4) is 11.5 Å². The lowest BCUT2D eigenvalue weighted by Gasteiger charge is -2.12. The fraction of sp³-hybridized carbons (Fsp3) is 0.190. The van der Waals surface area contributed by atoms with Crippen molar-refractivity contribution in [2.45, 2.75) is 20.8 Å². The number of carbonyl (C=O) groups excluding carboxylic acids is 2. The van der Waals surface area contributed by atoms with E-state index in [0.29, 0.717) is 34.0 Å². The molecule has 1 aliphatic heterocycles. The summed E-state index contributed by atoms with van der Waals surface area (Å²) in [5.74, 6) is 0.0890. The lowest BCUT2D eigenvalue weighted by molar-refractivity contribution is -0.132. The predicted molar refractivity (Wildman–Crippen MR) is 104 cm³/mol. The topological polar surface area (TPSA) is 68.2 Å². The van der Waals surface area contributed by atoms with Crippen LogP contribution in [0.3, 0.4) is 0 Å². The molecule has 0 unspecified atom stereocenters. The zero-order valence-electron chi connectivity index (χ0n) is 15.6. The molecule has 0 saturated heterocycles. The summed E-state index contributed by atoms with van der Waals surface area (Å²) in [6.45, 7) is 5.09. The van der Waals surface area contributed by atoms with E-state index in [1.165, 1.54) is 19.0 Å².